The van der Waals surface area contributed by atoms with Crippen LogP contribution < -0.4 is 0 Å². The van der Waals surface area contributed by atoms with Gasteiger partial charge < -0.3 is 19.3 Å². The molecule has 1 atom stereocenters. The molecule has 0 aromatic carbocycles. The predicted octanol–water partition coefficient (Wildman–Crippen LogP) is 1.04. The number of piperidine rings is 2. The Morgan fingerprint density at radius 3 is 2.78 bits per heavy atom. The van der Waals surface area contributed by atoms with E-state index in [2.05, 4.69) is 0 Å². The van der Waals surface area contributed by atoms with Gasteiger partial charge >= 0.3 is 0 Å². The zero-order valence-electron chi connectivity index (χ0n) is 14.1. The van der Waals surface area contributed by atoms with Gasteiger partial charge in [0.15, 0.2) is 0 Å². The zero-order valence-corrected chi connectivity index (χ0v) is 14.1. The number of nitrogens with zero attached hydrogens (tertiary/aromatic N) is 2. The molecule has 0 bridgehead atoms. The second kappa shape index (κ2) is 7.18. The van der Waals surface area contributed by atoms with Gasteiger partial charge in [0.05, 0.1) is 12.7 Å². The Morgan fingerprint density at radius 2 is 2.13 bits per heavy atom. The van der Waals surface area contributed by atoms with Gasteiger partial charge in [0, 0.05) is 39.7 Å². The highest BCUT2D eigenvalue weighted by atomic mass is 16.5. The molecule has 0 unspecified atom stereocenters. The largest absolute Gasteiger partial charge is 0.376 e. The van der Waals surface area contributed by atoms with Crippen LogP contribution in [0, 0.1) is 5.41 Å². The van der Waals surface area contributed by atoms with Gasteiger partial charge in [0.25, 0.3) is 0 Å². The van der Waals surface area contributed by atoms with Crippen LogP contribution in [0.4, 0.5) is 0 Å². The Balaban J connectivity index is 1.39. The molecular formula is C17H28N2O4. The van der Waals surface area contributed by atoms with Crippen LogP contribution in [-0.2, 0) is 19.1 Å². The molecule has 0 saturated carbocycles. The average Bonchev–Trinajstić information content (AvgIpc) is 3.05. The van der Waals surface area contributed by atoms with Crippen molar-refractivity contribution in [1.82, 2.24) is 9.80 Å². The van der Waals surface area contributed by atoms with Crippen molar-refractivity contribution in [3.05, 3.63) is 0 Å². The van der Waals surface area contributed by atoms with E-state index in [0.29, 0.717) is 13.0 Å². The van der Waals surface area contributed by atoms with Crippen molar-refractivity contribution in [2.24, 2.45) is 5.41 Å². The van der Waals surface area contributed by atoms with Crippen LogP contribution >= 0.6 is 0 Å². The number of hydrogen-bond acceptors (Lipinski definition) is 4. The molecule has 23 heavy (non-hydrogen) atoms. The van der Waals surface area contributed by atoms with Gasteiger partial charge in [-0.15, -0.1) is 0 Å². The molecule has 1 spiro atoms. The van der Waals surface area contributed by atoms with Gasteiger partial charge in [-0.3, -0.25) is 9.59 Å². The fraction of sp³-hybridized carbons (Fsp3) is 0.882. The summed E-state index contributed by atoms with van der Waals surface area (Å²) in [5.74, 6) is 0.328. The Kier molecular flexibility index (Phi) is 5.21. The zero-order chi connectivity index (χ0) is 16.3. The third kappa shape index (κ3) is 4.04. The highest BCUT2D eigenvalue weighted by Gasteiger charge is 2.40. The fourth-order valence-electron chi connectivity index (χ4n) is 4.02. The van der Waals surface area contributed by atoms with E-state index in [9.17, 15) is 9.59 Å². The average molecular weight is 324 g/mol. The fourth-order valence-corrected chi connectivity index (χ4v) is 4.02. The van der Waals surface area contributed by atoms with Crippen molar-refractivity contribution in [1.29, 1.82) is 0 Å². The first-order valence-electron chi connectivity index (χ1n) is 8.79. The third-order valence-corrected chi connectivity index (χ3v) is 5.60. The second-order valence-corrected chi connectivity index (χ2v) is 7.28. The van der Waals surface area contributed by atoms with Crippen molar-refractivity contribution >= 4 is 11.8 Å². The Hall–Kier alpha value is -1.14. The lowest BCUT2D eigenvalue weighted by molar-refractivity contribution is -0.144. The van der Waals surface area contributed by atoms with Gasteiger partial charge in [-0.1, -0.05) is 0 Å². The first kappa shape index (κ1) is 16.7. The summed E-state index contributed by atoms with van der Waals surface area (Å²) in [5.41, 5.74) is 0.220. The molecule has 0 aromatic rings. The summed E-state index contributed by atoms with van der Waals surface area (Å²) in [4.78, 5) is 27.7. The third-order valence-electron chi connectivity index (χ3n) is 5.60. The van der Waals surface area contributed by atoms with Crippen molar-refractivity contribution in [2.45, 2.75) is 44.6 Å². The minimum absolute atomic E-state index is 0.0816. The van der Waals surface area contributed by atoms with Gasteiger partial charge in [0.2, 0.25) is 11.8 Å². The van der Waals surface area contributed by atoms with Crippen LogP contribution in [0.1, 0.15) is 38.5 Å². The topological polar surface area (TPSA) is 59.1 Å². The van der Waals surface area contributed by atoms with Crippen molar-refractivity contribution < 1.29 is 19.1 Å². The van der Waals surface area contributed by atoms with E-state index in [1.54, 1.807) is 0 Å². The molecule has 0 aliphatic carbocycles. The number of carbonyl (C=O) groups is 2. The van der Waals surface area contributed by atoms with Crippen LogP contribution in [0.2, 0.25) is 0 Å². The molecule has 0 aromatic heterocycles. The number of ether oxygens (including phenoxy) is 2. The number of hydrogen-bond donors (Lipinski definition) is 0. The van der Waals surface area contributed by atoms with E-state index < -0.39 is 0 Å². The predicted molar refractivity (Wildman–Crippen MR) is 84.9 cm³/mol. The molecule has 3 heterocycles. The summed E-state index contributed by atoms with van der Waals surface area (Å²) in [6, 6.07) is 0. The van der Waals surface area contributed by atoms with Crippen LogP contribution in [-0.4, -0.2) is 74.2 Å². The molecule has 2 amide bonds. The summed E-state index contributed by atoms with van der Waals surface area (Å²) in [6.07, 6.45) is 5.88. The monoisotopic (exact) mass is 324 g/mol. The first-order valence-corrected chi connectivity index (χ1v) is 8.79. The maximum Gasteiger partial charge on any atom is 0.248 e. The summed E-state index contributed by atoms with van der Waals surface area (Å²) in [5, 5.41) is 0. The Bertz CT molecular complexity index is 440. The lowest BCUT2D eigenvalue weighted by Gasteiger charge is -2.46. The summed E-state index contributed by atoms with van der Waals surface area (Å²) in [6.45, 7) is 3.90. The lowest BCUT2D eigenvalue weighted by Crippen LogP contribution is -2.51. The molecule has 3 fully saturated rings. The van der Waals surface area contributed by atoms with Crippen molar-refractivity contribution in [3.8, 4) is 0 Å². The number of amides is 2. The number of likely N-dealkylation sites (tertiary alicyclic amines) is 2. The van der Waals surface area contributed by atoms with Gasteiger partial charge in [0.1, 0.15) is 6.61 Å². The molecule has 130 valence electrons. The molecule has 3 saturated heterocycles. The highest BCUT2D eigenvalue weighted by Crippen LogP contribution is 2.39. The molecule has 3 aliphatic heterocycles. The SMILES string of the molecule is CN1CC2(CCC1=O)CCN(C(=O)COC[C@H]1CCCO1)CC2. The normalized spacial score (nSPS) is 27.7. The quantitative estimate of drug-likeness (QED) is 0.775. The Labute approximate surface area is 138 Å². The number of carbonyl (C=O) groups excluding carboxylic acids is 2. The van der Waals surface area contributed by atoms with E-state index in [1.807, 2.05) is 16.8 Å². The number of rotatable bonds is 4. The first-order chi connectivity index (χ1) is 11.1. The molecule has 6 heteroatoms. The summed E-state index contributed by atoms with van der Waals surface area (Å²) in [7, 11) is 1.89. The Morgan fingerprint density at radius 1 is 1.35 bits per heavy atom. The van der Waals surface area contributed by atoms with Crippen LogP contribution in [0.25, 0.3) is 0 Å². The summed E-state index contributed by atoms with van der Waals surface area (Å²) < 4.78 is 11.0. The molecule has 0 radical (unpaired) electrons. The van der Waals surface area contributed by atoms with Gasteiger partial charge in [-0.05, 0) is 37.5 Å². The lowest BCUT2D eigenvalue weighted by atomic mass is 9.72. The van der Waals surface area contributed by atoms with E-state index in [1.165, 1.54) is 0 Å². The maximum atomic E-state index is 12.3. The highest BCUT2D eigenvalue weighted by molar-refractivity contribution is 5.78. The smallest absolute Gasteiger partial charge is 0.248 e. The minimum Gasteiger partial charge on any atom is -0.376 e. The summed E-state index contributed by atoms with van der Waals surface area (Å²) >= 11 is 0. The van der Waals surface area contributed by atoms with Crippen molar-refractivity contribution in [3.63, 3.8) is 0 Å². The molecule has 6 nitrogen and oxygen atoms in total. The van der Waals surface area contributed by atoms with Crippen LogP contribution in [0.3, 0.4) is 0 Å². The van der Waals surface area contributed by atoms with Crippen LogP contribution in [0.15, 0.2) is 0 Å². The van der Waals surface area contributed by atoms with Gasteiger partial charge in [-0.25, -0.2) is 0 Å². The molecule has 3 rings (SSSR count). The van der Waals surface area contributed by atoms with E-state index in [-0.39, 0.29) is 29.9 Å². The van der Waals surface area contributed by atoms with Gasteiger partial charge in [-0.2, -0.15) is 0 Å². The van der Waals surface area contributed by atoms with Crippen molar-refractivity contribution in [2.75, 3.05) is 46.5 Å². The molecular weight excluding hydrogens is 296 g/mol. The van der Waals surface area contributed by atoms with E-state index >= 15 is 0 Å². The van der Waals surface area contributed by atoms with Crippen LogP contribution in [0.5, 0.6) is 0 Å². The second-order valence-electron chi connectivity index (χ2n) is 7.28. The maximum absolute atomic E-state index is 12.3. The van der Waals surface area contributed by atoms with E-state index in [0.717, 1.165) is 58.3 Å². The minimum atomic E-state index is 0.0816. The molecule has 3 aliphatic rings. The molecule has 0 N–H and O–H groups in total. The standard InChI is InChI=1S/C17H28N2O4/c1-18-13-17(5-4-15(18)20)6-8-19(9-7-17)16(21)12-22-11-14-3-2-10-23-14/h14H,2-13H2,1H3/t14-/m1/s1. The van der Waals surface area contributed by atoms with E-state index in [4.69, 9.17) is 9.47 Å².